The van der Waals surface area contributed by atoms with Crippen molar-refractivity contribution in [2.45, 2.75) is 34.2 Å². The second-order valence-electron chi connectivity index (χ2n) is 7.17. The lowest BCUT2D eigenvalue weighted by Crippen LogP contribution is -2.16. The van der Waals surface area contributed by atoms with Gasteiger partial charge in [0.05, 0.1) is 5.69 Å². The van der Waals surface area contributed by atoms with Crippen LogP contribution in [-0.4, -0.2) is 32.7 Å². The minimum atomic E-state index is -0.554. The first-order valence-corrected chi connectivity index (χ1v) is 9.30. The summed E-state index contributed by atoms with van der Waals surface area (Å²) in [6.07, 6.45) is 0. The van der Waals surface area contributed by atoms with Gasteiger partial charge in [-0.2, -0.15) is 5.10 Å². The summed E-state index contributed by atoms with van der Waals surface area (Å²) in [5, 5.41) is 4.20. The van der Waals surface area contributed by atoms with Crippen molar-refractivity contribution in [1.29, 1.82) is 0 Å². The van der Waals surface area contributed by atoms with Crippen molar-refractivity contribution in [2.75, 3.05) is 6.61 Å². The zero-order chi connectivity index (χ0) is 21.3. The fourth-order valence-corrected chi connectivity index (χ4v) is 3.45. The van der Waals surface area contributed by atoms with Crippen LogP contribution in [0, 0.1) is 33.5 Å². The average Bonchev–Trinajstić information content (AvgIpc) is 3.10. The van der Waals surface area contributed by atoms with Gasteiger partial charge in [-0.15, -0.1) is 0 Å². The molecule has 0 aliphatic rings. The van der Waals surface area contributed by atoms with Crippen LogP contribution < -0.4 is 0 Å². The van der Waals surface area contributed by atoms with E-state index in [2.05, 4.69) is 5.10 Å². The Morgan fingerprint density at radius 1 is 1.07 bits per heavy atom. The summed E-state index contributed by atoms with van der Waals surface area (Å²) in [6.45, 7) is 7.45. The summed E-state index contributed by atoms with van der Waals surface area (Å²) in [7, 11) is 1.75. The highest BCUT2D eigenvalue weighted by Gasteiger charge is 2.22. The molecule has 0 saturated carbocycles. The van der Waals surface area contributed by atoms with Gasteiger partial charge in [-0.05, 0) is 51.5 Å². The van der Waals surface area contributed by atoms with Gasteiger partial charge in [-0.3, -0.25) is 9.48 Å². The number of aromatic nitrogens is 3. The Morgan fingerprint density at radius 2 is 1.72 bits per heavy atom. The molecule has 0 saturated heterocycles. The summed E-state index contributed by atoms with van der Waals surface area (Å²) in [6, 6.07) is 8.05. The lowest BCUT2D eigenvalue weighted by atomic mass is 10.1. The van der Waals surface area contributed by atoms with Crippen LogP contribution in [0.5, 0.6) is 0 Å². The Hall–Kier alpha value is -3.22. The zero-order valence-corrected chi connectivity index (χ0v) is 17.2. The second kappa shape index (κ2) is 8.03. The van der Waals surface area contributed by atoms with E-state index in [-0.39, 0.29) is 18.2 Å². The van der Waals surface area contributed by atoms with Crippen molar-refractivity contribution in [1.82, 2.24) is 14.3 Å². The molecule has 2 heterocycles. The molecule has 3 aromatic rings. The van der Waals surface area contributed by atoms with Crippen LogP contribution in [0.4, 0.5) is 4.39 Å². The van der Waals surface area contributed by atoms with Gasteiger partial charge in [0.2, 0.25) is 5.78 Å². The van der Waals surface area contributed by atoms with E-state index in [0.29, 0.717) is 29.1 Å². The monoisotopic (exact) mass is 397 g/mol. The average molecular weight is 397 g/mol. The standard InChI is InChI=1S/C22H24FN3O3/c1-13-10-19(15(3)26(13)11-17-6-8-18(23)9-7-17)20(27)12-29-22(28)21-14(2)24-25(5)16(21)4/h6-10H,11-12H2,1-5H3. The summed E-state index contributed by atoms with van der Waals surface area (Å²) >= 11 is 0. The highest BCUT2D eigenvalue weighted by molar-refractivity contribution is 6.00. The molecule has 0 bridgehead atoms. The highest BCUT2D eigenvalue weighted by Crippen LogP contribution is 2.19. The number of ketones is 1. The van der Waals surface area contributed by atoms with Gasteiger partial charge in [0.25, 0.3) is 0 Å². The maximum Gasteiger partial charge on any atom is 0.342 e. The van der Waals surface area contributed by atoms with E-state index >= 15 is 0 Å². The topological polar surface area (TPSA) is 66.1 Å². The third kappa shape index (κ3) is 4.13. The molecule has 1 aromatic carbocycles. The fourth-order valence-electron chi connectivity index (χ4n) is 3.45. The van der Waals surface area contributed by atoms with Gasteiger partial charge >= 0.3 is 5.97 Å². The molecule has 0 spiro atoms. The zero-order valence-electron chi connectivity index (χ0n) is 17.2. The minimum absolute atomic E-state index is 0.268. The number of halogens is 1. The van der Waals surface area contributed by atoms with E-state index in [1.807, 2.05) is 18.4 Å². The molecule has 0 unspecified atom stereocenters. The summed E-state index contributed by atoms with van der Waals surface area (Å²) in [5.74, 6) is -1.11. The van der Waals surface area contributed by atoms with E-state index in [0.717, 1.165) is 17.0 Å². The van der Waals surface area contributed by atoms with Crippen molar-refractivity contribution in [3.8, 4) is 0 Å². The molecule has 0 N–H and O–H groups in total. The number of carbonyl (C=O) groups is 2. The Morgan fingerprint density at radius 3 is 2.31 bits per heavy atom. The molecular formula is C22H24FN3O3. The van der Waals surface area contributed by atoms with Gasteiger partial charge in [0, 0.05) is 36.2 Å². The van der Waals surface area contributed by atoms with Gasteiger partial charge in [-0.25, -0.2) is 9.18 Å². The Balaban J connectivity index is 1.73. The van der Waals surface area contributed by atoms with Crippen LogP contribution in [0.1, 0.15) is 49.1 Å². The molecule has 0 radical (unpaired) electrons. The van der Waals surface area contributed by atoms with E-state index in [1.54, 1.807) is 43.8 Å². The largest absolute Gasteiger partial charge is 0.454 e. The van der Waals surface area contributed by atoms with Gasteiger partial charge in [0.1, 0.15) is 11.4 Å². The third-order valence-corrected chi connectivity index (χ3v) is 5.18. The number of rotatable bonds is 6. The number of hydrogen-bond donors (Lipinski definition) is 0. The number of nitrogens with zero attached hydrogens (tertiary/aromatic N) is 3. The number of hydrogen-bond acceptors (Lipinski definition) is 4. The Bertz CT molecular complexity index is 1080. The van der Waals surface area contributed by atoms with Crippen molar-refractivity contribution in [3.63, 3.8) is 0 Å². The van der Waals surface area contributed by atoms with Gasteiger partial charge < -0.3 is 9.30 Å². The van der Waals surface area contributed by atoms with Crippen molar-refractivity contribution in [2.24, 2.45) is 7.05 Å². The molecule has 0 atom stereocenters. The smallest absolute Gasteiger partial charge is 0.342 e. The normalized spacial score (nSPS) is 11.0. The first kappa shape index (κ1) is 20.5. The SMILES string of the molecule is Cc1nn(C)c(C)c1C(=O)OCC(=O)c1cc(C)n(Cc2ccc(F)cc2)c1C. The maximum atomic E-state index is 13.1. The van der Waals surface area contributed by atoms with E-state index in [4.69, 9.17) is 4.74 Å². The second-order valence-corrected chi connectivity index (χ2v) is 7.17. The molecule has 0 fully saturated rings. The molecule has 152 valence electrons. The van der Waals surface area contributed by atoms with Gasteiger partial charge in [-0.1, -0.05) is 12.1 Å². The third-order valence-electron chi connectivity index (χ3n) is 5.18. The number of aryl methyl sites for hydroxylation is 3. The first-order chi connectivity index (χ1) is 13.7. The predicted octanol–water partition coefficient (Wildman–Crippen LogP) is 3.68. The Labute approximate surface area is 168 Å². The summed E-state index contributed by atoms with van der Waals surface area (Å²) in [4.78, 5) is 25.1. The highest BCUT2D eigenvalue weighted by atomic mass is 19.1. The minimum Gasteiger partial charge on any atom is -0.454 e. The summed E-state index contributed by atoms with van der Waals surface area (Å²) < 4.78 is 22.0. The number of benzene rings is 1. The first-order valence-electron chi connectivity index (χ1n) is 9.30. The molecule has 0 aliphatic carbocycles. The summed E-state index contributed by atoms with van der Waals surface area (Å²) in [5.41, 5.74) is 4.78. The van der Waals surface area contributed by atoms with Crippen LogP contribution in [-0.2, 0) is 18.3 Å². The van der Waals surface area contributed by atoms with Crippen molar-refractivity contribution in [3.05, 3.63) is 75.6 Å². The number of esters is 1. The van der Waals surface area contributed by atoms with Crippen LogP contribution in [0.25, 0.3) is 0 Å². The van der Waals surface area contributed by atoms with Gasteiger partial charge in [0.15, 0.2) is 6.61 Å². The maximum absolute atomic E-state index is 13.1. The molecule has 7 heteroatoms. The van der Waals surface area contributed by atoms with E-state index < -0.39 is 5.97 Å². The van der Waals surface area contributed by atoms with Crippen LogP contribution in [0.15, 0.2) is 30.3 Å². The molecule has 2 aromatic heterocycles. The molecular weight excluding hydrogens is 373 g/mol. The quantitative estimate of drug-likeness (QED) is 0.470. The number of ether oxygens (including phenoxy) is 1. The number of Topliss-reactive ketones (excluding diaryl/α,β-unsaturated/α-hetero) is 1. The lowest BCUT2D eigenvalue weighted by Gasteiger charge is -2.10. The van der Waals surface area contributed by atoms with E-state index in [1.165, 1.54) is 12.1 Å². The van der Waals surface area contributed by atoms with Crippen molar-refractivity contribution < 1.29 is 18.7 Å². The van der Waals surface area contributed by atoms with Crippen LogP contribution in [0.3, 0.4) is 0 Å². The van der Waals surface area contributed by atoms with Crippen LogP contribution >= 0.6 is 0 Å². The lowest BCUT2D eigenvalue weighted by molar-refractivity contribution is 0.0473. The predicted molar refractivity (Wildman–Crippen MR) is 107 cm³/mol. The molecule has 3 rings (SSSR count). The Kier molecular flexibility index (Phi) is 5.68. The van der Waals surface area contributed by atoms with Crippen LogP contribution in [0.2, 0.25) is 0 Å². The van der Waals surface area contributed by atoms with E-state index in [9.17, 15) is 14.0 Å². The molecule has 0 aliphatic heterocycles. The fraction of sp³-hybridized carbons (Fsp3) is 0.318. The number of carbonyl (C=O) groups excluding carboxylic acids is 2. The molecule has 0 amide bonds. The molecule has 6 nitrogen and oxygen atoms in total. The van der Waals surface area contributed by atoms with Crippen molar-refractivity contribution >= 4 is 11.8 Å². The molecule has 29 heavy (non-hydrogen) atoms.